The summed E-state index contributed by atoms with van der Waals surface area (Å²) < 4.78 is 24.4. The molecule has 45 heavy (non-hydrogen) atoms. The lowest BCUT2D eigenvalue weighted by Crippen LogP contribution is -2.47. The van der Waals surface area contributed by atoms with Gasteiger partial charge in [-0.1, -0.05) is 48.5 Å². The van der Waals surface area contributed by atoms with Crippen molar-refractivity contribution < 1.29 is 22.8 Å². The number of aryl methyl sites for hydroxylation is 1. The average Bonchev–Trinajstić information content (AvgIpc) is 3.57. The summed E-state index contributed by atoms with van der Waals surface area (Å²) in [6, 6.07) is 27.6. The van der Waals surface area contributed by atoms with Crippen molar-refractivity contribution in [2.45, 2.75) is 37.1 Å². The highest BCUT2D eigenvalue weighted by Gasteiger charge is 2.44. The molecule has 1 aliphatic rings. The highest BCUT2D eigenvalue weighted by Crippen LogP contribution is 2.33. The molecule has 228 valence electrons. The van der Waals surface area contributed by atoms with Gasteiger partial charge in [0, 0.05) is 12.1 Å². The van der Waals surface area contributed by atoms with Crippen LogP contribution >= 0.6 is 11.3 Å². The maximum Gasteiger partial charge on any atom is 0.257 e. The molecule has 0 saturated carbocycles. The van der Waals surface area contributed by atoms with Crippen LogP contribution in [-0.2, 0) is 37.2 Å². The van der Waals surface area contributed by atoms with Crippen molar-refractivity contribution in [1.82, 2.24) is 9.88 Å². The van der Waals surface area contributed by atoms with Gasteiger partial charge in [0.1, 0.15) is 11.0 Å². The van der Waals surface area contributed by atoms with Gasteiger partial charge in [0.2, 0.25) is 21.8 Å². The van der Waals surface area contributed by atoms with E-state index in [-0.39, 0.29) is 36.1 Å². The normalized spacial score (nSPS) is 15.2. The molecule has 0 spiro atoms. The summed E-state index contributed by atoms with van der Waals surface area (Å²) in [5.74, 6) is -1.13. The number of primary sulfonamides is 1. The van der Waals surface area contributed by atoms with E-state index in [2.05, 4.69) is 6.07 Å². The maximum absolute atomic E-state index is 13.8. The molecule has 6 rings (SSSR count). The number of anilines is 1. The van der Waals surface area contributed by atoms with Crippen LogP contribution in [0.25, 0.3) is 20.8 Å². The van der Waals surface area contributed by atoms with Crippen molar-refractivity contribution in [2.75, 3.05) is 11.4 Å². The number of hydrogen-bond acceptors (Lipinski definition) is 7. The number of fused-ring (bicyclic) bond motifs is 1. The van der Waals surface area contributed by atoms with Crippen LogP contribution in [0.3, 0.4) is 0 Å². The summed E-state index contributed by atoms with van der Waals surface area (Å²) in [4.78, 5) is 48.1. The summed E-state index contributed by atoms with van der Waals surface area (Å²) in [7, 11) is -3.84. The Kier molecular flexibility index (Phi) is 8.32. The van der Waals surface area contributed by atoms with E-state index in [1.807, 2.05) is 61.5 Å². The molecular formula is C34H30N4O5S2. The second kappa shape index (κ2) is 12.4. The third-order valence-electron chi connectivity index (χ3n) is 7.83. The predicted octanol–water partition coefficient (Wildman–Crippen LogP) is 4.87. The first kappa shape index (κ1) is 30.3. The van der Waals surface area contributed by atoms with Crippen molar-refractivity contribution in [3.63, 3.8) is 0 Å². The SMILES string of the molecule is Cc1ccc2nc(-c3ccc(N4C(=O)CC(N(CCc5ccc(S(N)(=O)=O)cc5)C(=O)Cc5ccccc5)C4=O)cc3)sc2c1. The number of carbonyl (C=O) groups excluding carboxylic acids is 3. The molecule has 11 heteroatoms. The quantitative estimate of drug-likeness (QED) is 0.230. The molecule has 1 aliphatic heterocycles. The first-order valence-corrected chi connectivity index (χ1v) is 16.7. The van der Waals surface area contributed by atoms with Gasteiger partial charge in [-0.15, -0.1) is 11.3 Å². The molecule has 1 fully saturated rings. The molecule has 2 heterocycles. The summed E-state index contributed by atoms with van der Waals surface area (Å²) in [6.45, 7) is 2.20. The van der Waals surface area contributed by atoms with Crippen LogP contribution in [0.4, 0.5) is 5.69 Å². The van der Waals surface area contributed by atoms with Crippen LogP contribution in [0.2, 0.25) is 0 Å². The van der Waals surface area contributed by atoms with Gasteiger partial charge in [0.05, 0.1) is 33.6 Å². The number of thiazole rings is 1. The zero-order chi connectivity index (χ0) is 31.7. The topological polar surface area (TPSA) is 131 Å². The first-order chi connectivity index (χ1) is 21.6. The van der Waals surface area contributed by atoms with E-state index in [0.29, 0.717) is 12.1 Å². The fourth-order valence-corrected chi connectivity index (χ4v) is 7.05. The largest absolute Gasteiger partial charge is 0.329 e. The van der Waals surface area contributed by atoms with Crippen molar-refractivity contribution >= 4 is 55.0 Å². The Labute approximate surface area is 265 Å². The molecule has 1 aromatic heterocycles. The van der Waals surface area contributed by atoms with Crippen molar-refractivity contribution in [3.05, 3.63) is 114 Å². The monoisotopic (exact) mass is 638 g/mol. The fraction of sp³-hybridized carbons (Fsp3) is 0.176. The molecule has 1 unspecified atom stereocenters. The summed E-state index contributed by atoms with van der Waals surface area (Å²) in [6.07, 6.45) is 0.280. The number of sulfonamides is 1. The van der Waals surface area contributed by atoms with E-state index >= 15 is 0 Å². The lowest BCUT2D eigenvalue weighted by atomic mass is 10.1. The number of imide groups is 1. The smallest absolute Gasteiger partial charge is 0.257 e. The predicted molar refractivity (Wildman–Crippen MR) is 174 cm³/mol. The van der Waals surface area contributed by atoms with Gasteiger partial charge < -0.3 is 4.90 Å². The molecule has 5 aromatic rings. The van der Waals surface area contributed by atoms with Gasteiger partial charge in [-0.25, -0.2) is 23.4 Å². The zero-order valence-corrected chi connectivity index (χ0v) is 26.1. The van der Waals surface area contributed by atoms with Gasteiger partial charge in [-0.05, 0) is 78.6 Å². The molecule has 1 atom stereocenters. The second-order valence-corrected chi connectivity index (χ2v) is 13.6. The molecular weight excluding hydrogens is 609 g/mol. The molecule has 9 nitrogen and oxygen atoms in total. The lowest BCUT2D eigenvalue weighted by Gasteiger charge is -2.28. The standard InChI is InChI=1S/C34H30N4O5S2/c1-22-7-16-28-30(19-22)44-33(36-28)25-10-12-26(13-11-25)38-32(40)21-29(34(38)41)37(31(39)20-24-5-3-2-4-6-24)18-17-23-8-14-27(15-9-23)45(35,42)43/h2-16,19,29H,17-18,20-21H2,1H3,(H2,35,42,43). The minimum Gasteiger partial charge on any atom is -0.329 e. The minimum atomic E-state index is -3.84. The van der Waals surface area contributed by atoms with Gasteiger partial charge in [0.25, 0.3) is 5.91 Å². The van der Waals surface area contributed by atoms with Gasteiger partial charge in [-0.2, -0.15) is 0 Å². The van der Waals surface area contributed by atoms with Crippen LogP contribution in [0.1, 0.15) is 23.1 Å². The van der Waals surface area contributed by atoms with E-state index in [1.54, 1.807) is 35.6 Å². The number of nitrogens with zero attached hydrogens (tertiary/aromatic N) is 3. The average molecular weight is 639 g/mol. The maximum atomic E-state index is 13.8. The van der Waals surface area contributed by atoms with Crippen LogP contribution in [0, 0.1) is 6.92 Å². The first-order valence-electron chi connectivity index (χ1n) is 14.4. The van der Waals surface area contributed by atoms with Crippen LogP contribution in [-0.4, -0.2) is 48.6 Å². The summed E-state index contributed by atoms with van der Waals surface area (Å²) >= 11 is 1.58. The molecule has 0 bridgehead atoms. The molecule has 0 radical (unpaired) electrons. The summed E-state index contributed by atoms with van der Waals surface area (Å²) in [5, 5.41) is 6.06. The van der Waals surface area contributed by atoms with Crippen LogP contribution < -0.4 is 10.0 Å². The highest BCUT2D eigenvalue weighted by atomic mass is 32.2. The van der Waals surface area contributed by atoms with E-state index in [4.69, 9.17) is 10.1 Å². The van der Waals surface area contributed by atoms with E-state index in [9.17, 15) is 22.8 Å². The Hall–Kier alpha value is -4.71. The van der Waals surface area contributed by atoms with E-state index < -0.39 is 22.0 Å². The van der Waals surface area contributed by atoms with Gasteiger partial charge >= 0.3 is 0 Å². The van der Waals surface area contributed by atoms with Crippen LogP contribution in [0.5, 0.6) is 0 Å². The Bertz CT molecular complexity index is 2010. The molecule has 3 amide bonds. The fourth-order valence-electron chi connectivity index (χ4n) is 5.46. The zero-order valence-electron chi connectivity index (χ0n) is 24.4. The lowest BCUT2D eigenvalue weighted by molar-refractivity contribution is -0.137. The molecule has 1 saturated heterocycles. The van der Waals surface area contributed by atoms with Gasteiger partial charge in [0.15, 0.2) is 0 Å². The van der Waals surface area contributed by atoms with Crippen molar-refractivity contribution in [1.29, 1.82) is 0 Å². The number of rotatable bonds is 9. The Balaban J connectivity index is 1.23. The number of hydrogen-bond donors (Lipinski definition) is 1. The Morgan fingerprint density at radius 2 is 1.67 bits per heavy atom. The van der Waals surface area contributed by atoms with Gasteiger partial charge in [-0.3, -0.25) is 14.4 Å². The Morgan fingerprint density at radius 1 is 0.956 bits per heavy atom. The molecule has 2 N–H and O–H groups in total. The van der Waals surface area contributed by atoms with Crippen molar-refractivity contribution in [2.24, 2.45) is 5.14 Å². The van der Waals surface area contributed by atoms with E-state index in [1.165, 1.54) is 17.0 Å². The van der Waals surface area contributed by atoms with Crippen LogP contribution in [0.15, 0.2) is 102 Å². The highest BCUT2D eigenvalue weighted by molar-refractivity contribution is 7.89. The number of benzene rings is 4. The number of aromatic nitrogens is 1. The third kappa shape index (κ3) is 6.56. The second-order valence-electron chi connectivity index (χ2n) is 11.0. The number of nitrogens with two attached hydrogens (primary N) is 1. The Morgan fingerprint density at radius 3 is 2.36 bits per heavy atom. The molecule has 4 aromatic carbocycles. The minimum absolute atomic E-state index is 0.0141. The number of carbonyl (C=O) groups is 3. The number of amides is 3. The van der Waals surface area contributed by atoms with Crippen molar-refractivity contribution in [3.8, 4) is 10.6 Å². The summed E-state index contributed by atoms with van der Waals surface area (Å²) in [5.41, 5.74) is 4.93. The van der Waals surface area contributed by atoms with E-state index in [0.717, 1.165) is 42.4 Å². The molecule has 0 aliphatic carbocycles. The third-order valence-corrected chi connectivity index (χ3v) is 9.82.